The van der Waals surface area contributed by atoms with E-state index in [1.54, 1.807) is 0 Å². The molecule has 0 radical (unpaired) electrons. The van der Waals surface area contributed by atoms with Crippen molar-refractivity contribution in [1.82, 2.24) is 9.97 Å². The molecule has 6 nitrogen and oxygen atoms in total. The zero-order chi connectivity index (χ0) is 39.1. The monoisotopic (exact) mass is 746 g/mol. The molecule has 57 heavy (non-hydrogen) atoms. The van der Waals surface area contributed by atoms with Crippen molar-refractivity contribution < 1.29 is 19.1 Å². The van der Waals surface area contributed by atoms with E-state index in [9.17, 15) is 9.59 Å². The van der Waals surface area contributed by atoms with E-state index in [4.69, 9.17) is 19.4 Å². The first-order chi connectivity index (χ1) is 27.8. The molecule has 0 bridgehead atoms. The molecule has 2 aliphatic carbocycles. The van der Waals surface area contributed by atoms with Gasteiger partial charge in [0.1, 0.15) is 0 Å². The van der Waals surface area contributed by atoms with E-state index in [1.165, 1.54) is 14.2 Å². The number of aromatic nitrogens is 2. The number of pyridine rings is 2. The van der Waals surface area contributed by atoms with Crippen molar-refractivity contribution in [2.24, 2.45) is 11.8 Å². The molecule has 6 aromatic carbocycles. The van der Waals surface area contributed by atoms with E-state index >= 15 is 0 Å². The van der Waals surface area contributed by atoms with Crippen LogP contribution in [0.4, 0.5) is 0 Å². The highest BCUT2D eigenvalue weighted by atomic mass is 16.5. The minimum atomic E-state index is -0.759. The molecule has 2 aliphatic rings. The Morgan fingerprint density at radius 3 is 1.32 bits per heavy atom. The Hall–Kier alpha value is -6.40. The molecule has 0 saturated heterocycles. The average Bonchev–Trinajstić information content (AvgIpc) is 3.66. The Labute approximate surface area is 331 Å². The molecule has 0 saturated carbocycles. The molecule has 6 heteroatoms. The molecule has 4 atom stereocenters. The van der Waals surface area contributed by atoms with Crippen LogP contribution in [0.1, 0.15) is 55.4 Å². The summed E-state index contributed by atoms with van der Waals surface area (Å²) in [6.07, 6.45) is 1.47. The first-order valence-corrected chi connectivity index (χ1v) is 19.8. The Morgan fingerprint density at radius 1 is 0.509 bits per heavy atom. The van der Waals surface area contributed by atoms with Crippen molar-refractivity contribution in [3.63, 3.8) is 0 Å². The summed E-state index contributed by atoms with van der Waals surface area (Å²) in [7, 11) is 2.94. The first kappa shape index (κ1) is 35.0. The molecule has 280 valence electrons. The van der Waals surface area contributed by atoms with Gasteiger partial charge in [0.25, 0.3) is 0 Å². The zero-order valence-corrected chi connectivity index (χ0v) is 32.5. The van der Waals surface area contributed by atoms with Crippen molar-refractivity contribution in [2.45, 2.75) is 43.9 Å². The molecule has 0 fully saturated rings. The van der Waals surface area contributed by atoms with Gasteiger partial charge >= 0.3 is 11.9 Å². The SMILES string of the molecule is COC(=O)C(C)CC1(CC2(CC(C)C(=O)OC)c3cc4ccccc4nc3-c3c2ccc2ccccc32)c2cc3ccccc3nc2-c2c1ccc1ccccc21. The average molecular weight is 747 g/mol. The fourth-order valence-corrected chi connectivity index (χ4v) is 10.6. The highest BCUT2D eigenvalue weighted by Crippen LogP contribution is 2.64. The molecular formula is C51H42N2O4. The van der Waals surface area contributed by atoms with E-state index in [1.807, 2.05) is 26.0 Å². The number of hydrogen-bond donors (Lipinski definition) is 0. The summed E-state index contributed by atoms with van der Waals surface area (Å²) in [5.41, 5.74) is 8.79. The van der Waals surface area contributed by atoms with Crippen LogP contribution in [0.25, 0.3) is 65.9 Å². The van der Waals surface area contributed by atoms with Crippen LogP contribution in [-0.2, 0) is 29.9 Å². The van der Waals surface area contributed by atoms with Crippen molar-refractivity contribution in [1.29, 1.82) is 0 Å². The van der Waals surface area contributed by atoms with Crippen molar-refractivity contribution in [3.05, 3.63) is 156 Å². The van der Waals surface area contributed by atoms with Gasteiger partial charge < -0.3 is 9.47 Å². The second kappa shape index (κ2) is 13.1. The number of fused-ring (bicyclic) bond motifs is 12. The number of ether oxygens (including phenoxy) is 2. The number of hydrogen-bond acceptors (Lipinski definition) is 6. The van der Waals surface area contributed by atoms with E-state index in [0.717, 1.165) is 88.1 Å². The number of esters is 2. The molecule has 0 spiro atoms. The van der Waals surface area contributed by atoms with Gasteiger partial charge in [0.15, 0.2) is 0 Å². The number of methoxy groups -OCH3 is 2. The summed E-state index contributed by atoms with van der Waals surface area (Å²) in [6, 6.07) is 47.1. The van der Waals surface area contributed by atoms with E-state index in [-0.39, 0.29) is 11.9 Å². The highest BCUT2D eigenvalue weighted by Gasteiger charge is 2.56. The lowest BCUT2D eigenvalue weighted by Crippen LogP contribution is -2.41. The Morgan fingerprint density at radius 2 is 0.895 bits per heavy atom. The topological polar surface area (TPSA) is 78.4 Å². The third-order valence-corrected chi connectivity index (χ3v) is 13.0. The maximum atomic E-state index is 13.7. The minimum Gasteiger partial charge on any atom is -0.469 e. The molecule has 10 rings (SSSR count). The van der Waals surface area contributed by atoms with Crippen LogP contribution in [0.15, 0.2) is 133 Å². The van der Waals surface area contributed by atoms with E-state index < -0.39 is 22.7 Å². The lowest BCUT2D eigenvalue weighted by molar-refractivity contribution is -0.145. The van der Waals surface area contributed by atoms with E-state index in [0.29, 0.717) is 19.3 Å². The highest BCUT2D eigenvalue weighted by molar-refractivity contribution is 6.05. The van der Waals surface area contributed by atoms with Gasteiger partial charge in [0, 0.05) is 32.7 Å². The van der Waals surface area contributed by atoms with Crippen LogP contribution in [0, 0.1) is 11.8 Å². The van der Waals surface area contributed by atoms with E-state index in [2.05, 4.69) is 121 Å². The largest absolute Gasteiger partial charge is 0.469 e. The Kier molecular flexibility index (Phi) is 8.05. The molecule has 4 unspecified atom stereocenters. The maximum Gasteiger partial charge on any atom is 0.308 e. The molecule has 2 heterocycles. The molecule has 2 aromatic heterocycles. The fraction of sp³-hybridized carbons (Fsp3) is 0.216. The third kappa shape index (κ3) is 5.16. The number of carbonyl (C=O) groups excluding carboxylic acids is 2. The standard InChI is InChI=1S/C51H42N2O4/c1-30(48(54)56-3)27-50(38-23-21-32-13-5-9-17-36(32)44(38)46-40(50)25-34-15-7-11-19-42(34)52-46)29-51(28-31(2)49(55)57-4)39-24-22-33-14-6-10-18-37(33)45(39)47-41(51)26-35-16-8-12-20-43(35)53-47/h5-26,30-31H,27-29H2,1-4H3. The van der Waals surface area contributed by atoms with Crippen molar-refractivity contribution in [3.8, 4) is 22.5 Å². The van der Waals surface area contributed by atoms with Gasteiger partial charge in [-0.2, -0.15) is 0 Å². The summed E-state index contributed by atoms with van der Waals surface area (Å²) < 4.78 is 10.9. The number of rotatable bonds is 8. The Bertz CT molecular complexity index is 2770. The van der Waals surface area contributed by atoms with Crippen LogP contribution in [-0.4, -0.2) is 36.1 Å². The summed E-state index contributed by atoms with van der Waals surface area (Å²) >= 11 is 0. The van der Waals surface area contributed by atoms with Crippen molar-refractivity contribution in [2.75, 3.05) is 14.2 Å². The van der Waals surface area contributed by atoms with Crippen LogP contribution < -0.4 is 0 Å². The molecule has 0 aliphatic heterocycles. The quantitative estimate of drug-likeness (QED) is 0.144. The van der Waals surface area contributed by atoms with Gasteiger partial charge in [0.05, 0.1) is 48.5 Å². The van der Waals surface area contributed by atoms with Crippen LogP contribution >= 0.6 is 0 Å². The molecule has 0 amide bonds. The van der Waals surface area contributed by atoms with Crippen LogP contribution in [0.3, 0.4) is 0 Å². The number of benzene rings is 6. The predicted octanol–water partition coefficient (Wildman–Crippen LogP) is 11.1. The zero-order valence-electron chi connectivity index (χ0n) is 32.5. The van der Waals surface area contributed by atoms with Crippen LogP contribution in [0.5, 0.6) is 0 Å². The van der Waals surface area contributed by atoms with Gasteiger partial charge in [-0.25, -0.2) is 9.97 Å². The number of para-hydroxylation sites is 2. The number of nitrogens with zero attached hydrogens (tertiary/aromatic N) is 2. The molecule has 0 N–H and O–H groups in total. The summed E-state index contributed by atoms with van der Waals surface area (Å²) in [6.45, 7) is 3.95. The minimum absolute atomic E-state index is 0.262. The van der Waals surface area contributed by atoms with Gasteiger partial charge in [-0.3, -0.25) is 9.59 Å². The second-order valence-corrected chi connectivity index (χ2v) is 16.2. The Balaban J connectivity index is 1.36. The predicted molar refractivity (Wildman–Crippen MR) is 227 cm³/mol. The third-order valence-electron chi connectivity index (χ3n) is 13.0. The molecular weight excluding hydrogens is 705 g/mol. The smallest absolute Gasteiger partial charge is 0.308 e. The second-order valence-electron chi connectivity index (χ2n) is 16.2. The summed E-state index contributed by atoms with van der Waals surface area (Å²) in [5, 5.41) is 6.56. The van der Waals surface area contributed by atoms with Crippen LogP contribution in [0.2, 0.25) is 0 Å². The number of carbonyl (C=O) groups is 2. The van der Waals surface area contributed by atoms with Gasteiger partial charge in [-0.05, 0) is 87.3 Å². The van der Waals surface area contributed by atoms with Gasteiger partial charge in [0.2, 0.25) is 0 Å². The lowest BCUT2D eigenvalue weighted by atomic mass is 9.58. The van der Waals surface area contributed by atoms with Gasteiger partial charge in [-0.1, -0.05) is 123 Å². The first-order valence-electron chi connectivity index (χ1n) is 19.8. The maximum absolute atomic E-state index is 13.7. The summed E-state index contributed by atoms with van der Waals surface area (Å²) in [4.78, 5) is 38.4. The van der Waals surface area contributed by atoms with Gasteiger partial charge in [-0.15, -0.1) is 0 Å². The molecule has 8 aromatic rings. The lowest BCUT2D eigenvalue weighted by Gasteiger charge is -2.44. The van der Waals surface area contributed by atoms with Crippen molar-refractivity contribution >= 4 is 55.3 Å². The normalized spacial score (nSPS) is 18.9. The fourth-order valence-electron chi connectivity index (χ4n) is 10.6. The summed E-state index contributed by atoms with van der Waals surface area (Å²) in [5.74, 6) is -1.45.